The van der Waals surface area contributed by atoms with Crippen LogP contribution in [-0.4, -0.2) is 15.7 Å². The lowest BCUT2D eigenvalue weighted by molar-refractivity contribution is -0.115. The van der Waals surface area contributed by atoms with Crippen LogP contribution in [-0.2, 0) is 17.8 Å². The average Bonchev–Trinajstić information content (AvgIpc) is 3.29. The van der Waals surface area contributed by atoms with Crippen molar-refractivity contribution in [3.05, 3.63) is 108 Å². The van der Waals surface area contributed by atoms with Crippen molar-refractivity contribution in [1.82, 2.24) is 9.78 Å². The van der Waals surface area contributed by atoms with Crippen molar-refractivity contribution in [3.8, 4) is 11.4 Å². The molecule has 3 aromatic carbocycles. The SMILES string of the molecule is CC.O=C(Cc1ccnn1-c1ccccc1)Nc1ccc(OCc2ccccc2)cc1.[HH]. The number of para-hydroxylation sites is 1. The average molecular weight is 416 g/mol. The van der Waals surface area contributed by atoms with Crippen molar-refractivity contribution in [2.24, 2.45) is 0 Å². The molecule has 0 aliphatic rings. The first kappa shape index (κ1) is 21.8. The van der Waals surface area contributed by atoms with Crippen molar-refractivity contribution in [1.29, 1.82) is 0 Å². The molecule has 31 heavy (non-hydrogen) atoms. The predicted octanol–water partition coefficient (Wildman–Crippen LogP) is 5.90. The number of carbonyl (C=O) groups is 1. The second-order valence-electron chi connectivity index (χ2n) is 6.59. The quantitative estimate of drug-likeness (QED) is 0.408. The molecule has 1 heterocycles. The highest BCUT2D eigenvalue weighted by Crippen LogP contribution is 2.18. The van der Waals surface area contributed by atoms with Gasteiger partial charge in [-0.1, -0.05) is 62.4 Å². The van der Waals surface area contributed by atoms with E-state index in [0.29, 0.717) is 6.61 Å². The normalized spacial score (nSPS) is 10.0. The minimum Gasteiger partial charge on any atom is -0.489 e. The first-order chi connectivity index (χ1) is 15.3. The number of benzene rings is 3. The molecular weight excluding hydrogens is 386 g/mol. The van der Waals surface area contributed by atoms with Crippen molar-refractivity contribution in [2.75, 3.05) is 5.32 Å². The van der Waals surface area contributed by atoms with Crippen molar-refractivity contribution in [3.63, 3.8) is 0 Å². The van der Waals surface area contributed by atoms with Gasteiger partial charge in [-0.3, -0.25) is 4.79 Å². The third-order valence-corrected chi connectivity index (χ3v) is 4.45. The highest BCUT2D eigenvalue weighted by Gasteiger charge is 2.10. The lowest BCUT2D eigenvalue weighted by atomic mass is 10.2. The van der Waals surface area contributed by atoms with Crippen LogP contribution in [0.2, 0.25) is 0 Å². The number of nitrogens with one attached hydrogen (secondary N) is 1. The summed E-state index contributed by atoms with van der Waals surface area (Å²) in [5.74, 6) is 0.662. The van der Waals surface area contributed by atoms with Gasteiger partial charge in [0.05, 0.1) is 17.8 Å². The van der Waals surface area contributed by atoms with Gasteiger partial charge in [0, 0.05) is 13.3 Å². The van der Waals surface area contributed by atoms with E-state index in [4.69, 9.17) is 4.74 Å². The van der Waals surface area contributed by atoms with E-state index < -0.39 is 0 Å². The number of hydrogen-bond acceptors (Lipinski definition) is 3. The Morgan fingerprint density at radius 3 is 2.23 bits per heavy atom. The molecule has 4 aromatic rings. The molecule has 0 unspecified atom stereocenters. The largest absolute Gasteiger partial charge is 0.489 e. The molecule has 160 valence electrons. The predicted molar refractivity (Wildman–Crippen MR) is 127 cm³/mol. The minimum atomic E-state index is -0.0966. The van der Waals surface area contributed by atoms with Gasteiger partial charge < -0.3 is 10.1 Å². The Balaban J connectivity index is 0.00000118. The van der Waals surface area contributed by atoms with E-state index in [1.807, 2.05) is 105 Å². The summed E-state index contributed by atoms with van der Waals surface area (Å²) < 4.78 is 7.56. The van der Waals surface area contributed by atoms with E-state index in [0.717, 1.165) is 28.4 Å². The third-order valence-electron chi connectivity index (χ3n) is 4.45. The maximum atomic E-state index is 12.5. The topological polar surface area (TPSA) is 56.2 Å². The summed E-state index contributed by atoms with van der Waals surface area (Å²) in [6.45, 7) is 4.51. The summed E-state index contributed by atoms with van der Waals surface area (Å²) in [6.07, 6.45) is 1.94. The van der Waals surface area contributed by atoms with Gasteiger partial charge in [-0.05, 0) is 48.0 Å². The van der Waals surface area contributed by atoms with Gasteiger partial charge in [-0.25, -0.2) is 4.68 Å². The molecule has 5 heteroatoms. The number of nitrogens with zero attached hydrogens (tertiary/aromatic N) is 2. The fraction of sp³-hybridized carbons (Fsp3) is 0.154. The zero-order chi connectivity index (χ0) is 21.9. The number of carbonyl (C=O) groups excluding carboxylic acids is 1. The fourth-order valence-corrected chi connectivity index (χ4v) is 3.01. The number of aromatic nitrogens is 2. The van der Waals surface area contributed by atoms with Gasteiger partial charge in [0.1, 0.15) is 12.4 Å². The van der Waals surface area contributed by atoms with Gasteiger partial charge in [0.2, 0.25) is 5.91 Å². The molecule has 0 saturated carbocycles. The Kier molecular flexibility index (Phi) is 8.00. The smallest absolute Gasteiger partial charge is 0.230 e. The minimum absolute atomic E-state index is 0. The molecule has 0 bridgehead atoms. The first-order valence-corrected chi connectivity index (χ1v) is 10.4. The Bertz CT molecular complexity index is 1070. The molecule has 0 spiro atoms. The van der Waals surface area contributed by atoms with E-state index in [1.54, 1.807) is 10.9 Å². The summed E-state index contributed by atoms with van der Waals surface area (Å²) in [4.78, 5) is 12.5. The van der Waals surface area contributed by atoms with E-state index in [-0.39, 0.29) is 13.8 Å². The van der Waals surface area contributed by atoms with Crippen LogP contribution in [0.1, 0.15) is 26.5 Å². The molecule has 0 radical (unpaired) electrons. The maximum absolute atomic E-state index is 12.5. The fourth-order valence-electron chi connectivity index (χ4n) is 3.01. The molecule has 1 amide bonds. The van der Waals surface area contributed by atoms with Gasteiger partial charge in [0.15, 0.2) is 0 Å². The summed E-state index contributed by atoms with van der Waals surface area (Å²) in [5, 5.41) is 7.25. The summed E-state index contributed by atoms with van der Waals surface area (Å²) in [7, 11) is 0. The lowest BCUT2D eigenvalue weighted by Crippen LogP contribution is -2.16. The van der Waals surface area contributed by atoms with Gasteiger partial charge in [-0.2, -0.15) is 5.10 Å². The van der Waals surface area contributed by atoms with Crippen LogP contribution >= 0.6 is 0 Å². The van der Waals surface area contributed by atoms with Gasteiger partial charge >= 0.3 is 0 Å². The van der Waals surface area contributed by atoms with Crippen LogP contribution in [0.25, 0.3) is 5.69 Å². The number of anilines is 1. The van der Waals surface area contributed by atoms with Crippen LogP contribution in [0.3, 0.4) is 0 Å². The van der Waals surface area contributed by atoms with E-state index in [2.05, 4.69) is 10.4 Å². The number of hydrogen-bond donors (Lipinski definition) is 1. The second-order valence-corrected chi connectivity index (χ2v) is 6.59. The van der Waals surface area contributed by atoms with Crippen molar-refractivity contribution >= 4 is 11.6 Å². The van der Waals surface area contributed by atoms with Crippen molar-refractivity contribution < 1.29 is 11.0 Å². The number of ether oxygens (including phenoxy) is 1. The van der Waals surface area contributed by atoms with Crippen LogP contribution in [0, 0.1) is 0 Å². The van der Waals surface area contributed by atoms with Gasteiger partial charge in [-0.15, -0.1) is 0 Å². The zero-order valence-electron chi connectivity index (χ0n) is 17.9. The summed E-state index contributed by atoms with van der Waals surface area (Å²) in [5.41, 5.74) is 3.60. The van der Waals surface area contributed by atoms with Crippen LogP contribution in [0.4, 0.5) is 5.69 Å². The van der Waals surface area contributed by atoms with Crippen LogP contribution < -0.4 is 10.1 Å². The van der Waals surface area contributed by atoms with E-state index >= 15 is 0 Å². The molecule has 1 N–H and O–H groups in total. The van der Waals surface area contributed by atoms with Crippen LogP contribution in [0.15, 0.2) is 97.2 Å². The molecular formula is C26H29N3O2. The molecule has 0 aliphatic carbocycles. The highest BCUT2D eigenvalue weighted by atomic mass is 16.5. The Morgan fingerprint density at radius 1 is 0.903 bits per heavy atom. The Morgan fingerprint density at radius 2 is 1.55 bits per heavy atom. The van der Waals surface area contributed by atoms with Crippen LogP contribution in [0.5, 0.6) is 5.75 Å². The summed E-state index contributed by atoms with van der Waals surface area (Å²) in [6, 6.07) is 29.0. The molecule has 4 rings (SSSR count). The van der Waals surface area contributed by atoms with E-state index in [9.17, 15) is 4.79 Å². The standard InChI is InChI=1S/C24H21N3O2.C2H6.H2/c28-24(17-22-15-16-25-27(22)21-9-5-2-6-10-21)26-20-11-13-23(14-12-20)29-18-19-7-3-1-4-8-19;1-2;/h1-16H,17-18H2,(H,26,28);1-2H3;1H. The summed E-state index contributed by atoms with van der Waals surface area (Å²) >= 11 is 0. The lowest BCUT2D eigenvalue weighted by Gasteiger charge is -2.10. The maximum Gasteiger partial charge on any atom is 0.230 e. The highest BCUT2D eigenvalue weighted by molar-refractivity contribution is 5.92. The first-order valence-electron chi connectivity index (χ1n) is 10.4. The molecule has 1 aromatic heterocycles. The third kappa shape index (κ3) is 6.31. The molecule has 0 atom stereocenters. The number of amides is 1. The molecule has 5 nitrogen and oxygen atoms in total. The van der Waals surface area contributed by atoms with Crippen molar-refractivity contribution in [2.45, 2.75) is 26.9 Å². The Hall–Kier alpha value is -3.86. The molecule has 0 saturated heterocycles. The monoisotopic (exact) mass is 415 g/mol. The zero-order valence-corrected chi connectivity index (χ0v) is 17.9. The molecule has 0 fully saturated rings. The van der Waals surface area contributed by atoms with Gasteiger partial charge in [0.25, 0.3) is 0 Å². The number of rotatable bonds is 7. The second kappa shape index (κ2) is 11.4. The molecule has 0 aliphatic heterocycles. The Labute approximate surface area is 184 Å². The van der Waals surface area contributed by atoms with E-state index in [1.165, 1.54) is 0 Å².